The molecule has 7 heteroatoms. The van der Waals surface area contributed by atoms with Crippen LogP contribution in [-0.2, 0) is 13.0 Å². The molecule has 0 aliphatic carbocycles. The first-order valence-electron chi connectivity index (χ1n) is 10.1. The number of aliphatic imine (C=N–C) groups is 1. The number of ether oxygens (including phenoxy) is 2. The number of nitrogens with one attached hydrogen (secondary N) is 2. The van der Waals surface area contributed by atoms with Crippen molar-refractivity contribution < 1.29 is 14.6 Å². The number of rotatable bonds is 13. The van der Waals surface area contributed by atoms with Gasteiger partial charge in [0.25, 0.3) is 0 Å². The summed E-state index contributed by atoms with van der Waals surface area (Å²) in [5, 5.41) is 15.9. The SMILES string of the molecule is C=CCc1cc(CN=C(NCC)NCC(CCC)CCO)cc(OC)c1OC.I. The molecule has 0 amide bonds. The summed E-state index contributed by atoms with van der Waals surface area (Å²) < 4.78 is 11.0. The molecule has 0 aromatic heterocycles. The molecule has 29 heavy (non-hydrogen) atoms. The van der Waals surface area contributed by atoms with E-state index in [1.807, 2.05) is 19.1 Å². The van der Waals surface area contributed by atoms with Crippen LogP contribution in [0.5, 0.6) is 11.5 Å². The highest BCUT2D eigenvalue weighted by molar-refractivity contribution is 14.0. The Balaban J connectivity index is 0.00000784. The normalized spacial score (nSPS) is 12.0. The second kappa shape index (κ2) is 16.3. The minimum Gasteiger partial charge on any atom is -0.493 e. The summed E-state index contributed by atoms with van der Waals surface area (Å²) in [6.45, 7) is 10.4. The van der Waals surface area contributed by atoms with Crippen LogP contribution in [0.1, 0.15) is 44.2 Å². The molecule has 1 aromatic carbocycles. The third-order valence-electron chi connectivity index (χ3n) is 4.54. The van der Waals surface area contributed by atoms with E-state index in [0.717, 1.165) is 55.2 Å². The zero-order valence-corrected chi connectivity index (χ0v) is 20.6. The smallest absolute Gasteiger partial charge is 0.191 e. The molecule has 0 aliphatic heterocycles. The number of allylic oxidation sites excluding steroid dienone is 1. The second-order valence-corrected chi connectivity index (χ2v) is 6.73. The molecule has 1 aromatic rings. The van der Waals surface area contributed by atoms with E-state index < -0.39 is 0 Å². The number of benzene rings is 1. The number of hydrogen-bond donors (Lipinski definition) is 3. The Hall–Kier alpha value is -1.48. The Morgan fingerprint density at radius 2 is 1.97 bits per heavy atom. The quantitative estimate of drug-likeness (QED) is 0.160. The minimum absolute atomic E-state index is 0. The van der Waals surface area contributed by atoms with Crippen LogP contribution >= 0.6 is 24.0 Å². The summed E-state index contributed by atoms with van der Waals surface area (Å²) in [7, 11) is 3.29. The number of aliphatic hydroxyl groups excluding tert-OH is 1. The molecule has 6 nitrogen and oxygen atoms in total. The highest BCUT2D eigenvalue weighted by atomic mass is 127. The Kier molecular flexibility index (Phi) is 15.5. The fourth-order valence-electron chi connectivity index (χ4n) is 3.20. The van der Waals surface area contributed by atoms with E-state index >= 15 is 0 Å². The van der Waals surface area contributed by atoms with Crippen molar-refractivity contribution in [3.8, 4) is 11.5 Å². The van der Waals surface area contributed by atoms with Gasteiger partial charge in [0, 0.05) is 25.3 Å². The summed E-state index contributed by atoms with van der Waals surface area (Å²) in [6.07, 6.45) is 5.56. The molecule has 0 saturated heterocycles. The molecule has 1 rings (SSSR count). The number of aliphatic hydroxyl groups is 1. The third kappa shape index (κ3) is 9.71. The number of guanidine groups is 1. The van der Waals surface area contributed by atoms with Crippen LogP contribution < -0.4 is 20.1 Å². The van der Waals surface area contributed by atoms with E-state index in [9.17, 15) is 5.11 Å². The van der Waals surface area contributed by atoms with Gasteiger partial charge in [0.1, 0.15) is 0 Å². The van der Waals surface area contributed by atoms with Crippen LogP contribution in [-0.4, -0.2) is 45.0 Å². The molecule has 0 fully saturated rings. The maximum atomic E-state index is 9.24. The summed E-state index contributed by atoms with van der Waals surface area (Å²) in [4.78, 5) is 4.72. The van der Waals surface area contributed by atoms with E-state index in [2.05, 4.69) is 30.2 Å². The predicted octanol–water partition coefficient (Wildman–Crippen LogP) is 3.90. The van der Waals surface area contributed by atoms with Crippen molar-refractivity contribution in [3.05, 3.63) is 35.9 Å². The summed E-state index contributed by atoms with van der Waals surface area (Å²) in [6, 6.07) is 4.05. The average Bonchev–Trinajstić information content (AvgIpc) is 2.70. The lowest BCUT2D eigenvalue weighted by Crippen LogP contribution is -2.40. The van der Waals surface area contributed by atoms with E-state index in [4.69, 9.17) is 14.5 Å². The largest absolute Gasteiger partial charge is 0.493 e. The van der Waals surface area contributed by atoms with Crippen molar-refractivity contribution in [2.45, 2.75) is 46.1 Å². The highest BCUT2D eigenvalue weighted by Gasteiger charge is 2.12. The Morgan fingerprint density at radius 1 is 1.21 bits per heavy atom. The molecule has 3 N–H and O–H groups in total. The van der Waals surface area contributed by atoms with Crippen molar-refractivity contribution >= 4 is 29.9 Å². The lowest BCUT2D eigenvalue weighted by Gasteiger charge is -2.18. The third-order valence-corrected chi connectivity index (χ3v) is 4.54. The van der Waals surface area contributed by atoms with Crippen molar-refractivity contribution in [1.29, 1.82) is 0 Å². The van der Waals surface area contributed by atoms with E-state index in [1.165, 1.54) is 0 Å². The lowest BCUT2D eigenvalue weighted by atomic mass is 10.0. The monoisotopic (exact) mass is 519 g/mol. The van der Waals surface area contributed by atoms with Gasteiger partial charge in [-0.1, -0.05) is 19.4 Å². The van der Waals surface area contributed by atoms with Crippen molar-refractivity contribution in [1.82, 2.24) is 10.6 Å². The lowest BCUT2D eigenvalue weighted by molar-refractivity contribution is 0.251. The van der Waals surface area contributed by atoms with Crippen LogP contribution in [0.25, 0.3) is 0 Å². The van der Waals surface area contributed by atoms with Gasteiger partial charge in [0.2, 0.25) is 0 Å². The van der Waals surface area contributed by atoms with E-state index in [1.54, 1.807) is 14.2 Å². The zero-order chi connectivity index (χ0) is 20.8. The Bertz CT molecular complexity index is 618. The molecule has 1 atom stereocenters. The Morgan fingerprint density at radius 3 is 2.52 bits per heavy atom. The van der Waals surface area contributed by atoms with E-state index in [-0.39, 0.29) is 30.6 Å². The topological polar surface area (TPSA) is 75.1 Å². The van der Waals surface area contributed by atoms with E-state index in [0.29, 0.717) is 24.6 Å². The maximum Gasteiger partial charge on any atom is 0.191 e. The number of halogens is 1. The Labute approximate surface area is 193 Å². The van der Waals surface area contributed by atoms with Crippen LogP contribution in [0.4, 0.5) is 0 Å². The fourth-order valence-corrected chi connectivity index (χ4v) is 3.20. The zero-order valence-electron chi connectivity index (χ0n) is 18.3. The predicted molar refractivity (Wildman–Crippen MR) is 132 cm³/mol. The van der Waals surface area contributed by atoms with Gasteiger partial charge in [-0.3, -0.25) is 0 Å². The molecule has 0 bridgehead atoms. The van der Waals surface area contributed by atoms with Gasteiger partial charge in [0.15, 0.2) is 17.5 Å². The molecule has 166 valence electrons. The molecule has 0 saturated carbocycles. The van der Waals surface area contributed by atoms with Gasteiger partial charge in [0.05, 0.1) is 20.8 Å². The molecule has 0 aliphatic rings. The number of methoxy groups -OCH3 is 2. The first-order chi connectivity index (χ1) is 13.6. The van der Waals surface area contributed by atoms with Crippen molar-refractivity contribution in [2.24, 2.45) is 10.9 Å². The molecule has 1 unspecified atom stereocenters. The second-order valence-electron chi connectivity index (χ2n) is 6.73. The van der Waals surface area contributed by atoms with Crippen molar-refractivity contribution in [3.63, 3.8) is 0 Å². The number of hydrogen-bond acceptors (Lipinski definition) is 4. The van der Waals surface area contributed by atoms with Crippen LogP contribution in [0, 0.1) is 5.92 Å². The standard InChI is InChI=1S/C22H37N3O3.HI/c1-6-9-17(11-12-26)15-24-22(23-8-3)25-16-18-13-19(10-7-2)21(28-5)20(14-18)27-4;/h7,13-14,17,26H,2,6,8-12,15-16H2,1,3-5H3,(H2,23,24,25);1H. The van der Waals surface area contributed by atoms with Crippen molar-refractivity contribution in [2.75, 3.05) is 33.9 Å². The molecule has 0 radical (unpaired) electrons. The van der Waals surface area contributed by atoms with Crippen LogP contribution in [0.15, 0.2) is 29.8 Å². The van der Waals surface area contributed by atoms with Gasteiger partial charge in [-0.15, -0.1) is 30.6 Å². The molecular weight excluding hydrogens is 481 g/mol. The minimum atomic E-state index is 0. The van der Waals surface area contributed by atoms with Gasteiger partial charge < -0.3 is 25.2 Å². The molecule has 0 spiro atoms. The average molecular weight is 519 g/mol. The number of nitrogens with zero attached hydrogens (tertiary/aromatic N) is 1. The summed E-state index contributed by atoms with van der Waals surface area (Å²) in [5.74, 6) is 2.67. The highest BCUT2D eigenvalue weighted by Crippen LogP contribution is 2.33. The fraction of sp³-hybridized carbons (Fsp3) is 0.591. The molecular formula is C22H38IN3O3. The van der Waals surface area contributed by atoms with Gasteiger partial charge >= 0.3 is 0 Å². The van der Waals surface area contributed by atoms with Crippen LogP contribution in [0.2, 0.25) is 0 Å². The summed E-state index contributed by atoms with van der Waals surface area (Å²) >= 11 is 0. The first kappa shape index (κ1) is 27.5. The molecule has 0 heterocycles. The first-order valence-corrected chi connectivity index (χ1v) is 10.1. The van der Waals surface area contributed by atoms with Gasteiger partial charge in [-0.25, -0.2) is 4.99 Å². The van der Waals surface area contributed by atoms with Gasteiger partial charge in [-0.05, 0) is 49.8 Å². The summed E-state index contributed by atoms with van der Waals surface area (Å²) in [5.41, 5.74) is 2.08. The van der Waals surface area contributed by atoms with Gasteiger partial charge in [-0.2, -0.15) is 0 Å². The van der Waals surface area contributed by atoms with Crippen LogP contribution in [0.3, 0.4) is 0 Å². The maximum absolute atomic E-state index is 9.24.